The molecule has 2 atom stereocenters. The lowest BCUT2D eigenvalue weighted by molar-refractivity contribution is -0.145. The molecule has 0 aliphatic carbocycles. The molecule has 278 valence electrons. The highest BCUT2D eigenvalue weighted by Crippen LogP contribution is 2.31. The summed E-state index contributed by atoms with van der Waals surface area (Å²) in [6.45, 7) is 8.49. The molecule has 0 aromatic heterocycles. The summed E-state index contributed by atoms with van der Waals surface area (Å²) in [5.74, 6) is -2.12. The van der Waals surface area contributed by atoms with Crippen molar-refractivity contribution in [3.63, 3.8) is 0 Å². The van der Waals surface area contributed by atoms with Crippen LogP contribution in [0, 0.1) is 0 Å². The molecule has 0 spiro atoms. The Kier molecular flexibility index (Phi) is 12.8. The van der Waals surface area contributed by atoms with E-state index in [1.807, 2.05) is 6.07 Å². The number of amides is 3. The van der Waals surface area contributed by atoms with E-state index in [-0.39, 0.29) is 32.3 Å². The van der Waals surface area contributed by atoms with Crippen molar-refractivity contribution < 1.29 is 51.5 Å². The van der Waals surface area contributed by atoms with Crippen LogP contribution in [0.15, 0.2) is 72.8 Å². The lowest BCUT2D eigenvalue weighted by Crippen LogP contribution is -2.53. The molecule has 1 heterocycles. The number of halogens is 3. The van der Waals surface area contributed by atoms with Crippen molar-refractivity contribution in [2.75, 3.05) is 5.32 Å². The van der Waals surface area contributed by atoms with Gasteiger partial charge in [-0.15, -0.1) is 0 Å². The van der Waals surface area contributed by atoms with Crippen LogP contribution < -0.4 is 21.4 Å². The first-order valence-electron chi connectivity index (χ1n) is 16.8. The number of nitrogens with one attached hydrogen (secondary N) is 3. The number of fused-ring (bicyclic) bond motifs is 1. The van der Waals surface area contributed by atoms with E-state index in [1.54, 1.807) is 77.1 Å². The van der Waals surface area contributed by atoms with Gasteiger partial charge in [0.1, 0.15) is 24.3 Å². The fourth-order valence-electron chi connectivity index (χ4n) is 5.53. The van der Waals surface area contributed by atoms with Gasteiger partial charge in [0.05, 0.1) is 11.2 Å². The number of alkyl halides is 3. The van der Waals surface area contributed by atoms with Gasteiger partial charge < -0.3 is 35.1 Å². The van der Waals surface area contributed by atoms with Gasteiger partial charge in [-0.2, -0.15) is 13.2 Å². The van der Waals surface area contributed by atoms with Crippen molar-refractivity contribution in [2.45, 2.75) is 96.4 Å². The van der Waals surface area contributed by atoms with E-state index in [0.29, 0.717) is 16.7 Å². The molecule has 1 aliphatic rings. The molecule has 3 amide bonds. The molecule has 15 heteroatoms. The molecule has 1 aliphatic heterocycles. The predicted molar refractivity (Wildman–Crippen MR) is 187 cm³/mol. The van der Waals surface area contributed by atoms with Gasteiger partial charge in [-0.25, -0.2) is 4.79 Å². The number of hydrogen-bond donors (Lipinski definition) is 4. The van der Waals surface area contributed by atoms with Gasteiger partial charge >= 0.3 is 25.4 Å². The summed E-state index contributed by atoms with van der Waals surface area (Å²) in [5.41, 5.74) is 0.202. The summed E-state index contributed by atoms with van der Waals surface area (Å²) in [6, 6.07) is 15.7. The van der Waals surface area contributed by atoms with Crippen molar-refractivity contribution in [1.29, 1.82) is 0 Å². The van der Waals surface area contributed by atoms with Crippen LogP contribution in [0.2, 0.25) is 0 Å². The Morgan fingerprint density at radius 2 is 1.52 bits per heavy atom. The van der Waals surface area contributed by atoms with Gasteiger partial charge in [0.2, 0.25) is 11.8 Å². The third kappa shape index (κ3) is 11.6. The topological polar surface area (TPSA) is 152 Å². The maximum atomic E-state index is 13.7. The number of carbonyl (C=O) groups is 4. The minimum absolute atomic E-state index is 0.00552. The van der Waals surface area contributed by atoms with Crippen molar-refractivity contribution in [2.24, 2.45) is 0 Å². The summed E-state index contributed by atoms with van der Waals surface area (Å²) in [6.07, 6.45) is -5.88. The third-order valence-electron chi connectivity index (χ3n) is 8.16. The summed E-state index contributed by atoms with van der Waals surface area (Å²) >= 11 is 0. The molecule has 0 unspecified atom stereocenters. The van der Waals surface area contributed by atoms with Gasteiger partial charge in [0, 0.05) is 12.1 Å². The first kappa shape index (κ1) is 39.9. The number of aryl methyl sites for hydroxylation is 1. The Bertz CT molecular complexity index is 1730. The van der Waals surface area contributed by atoms with Crippen LogP contribution in [-0.4, -0.2) is 53.7 Å². The molecule has 11 nitrogen and oxygen atoms in total. The lowest BCUT2D eigenvalue weighted by Gasteiger charge is -2.25. The zero-order valence-electron chi connectivity index (χ0n) is 29.6. The van der Waals surface area contributed by atoms with Crippen molar-refractivity contribution in [3.05, 3.63) is 95.1 Å². The van der Waals surface area contributed by atoms with Crippen molar-refractivity contribution in [1.82, 2.24) is 10.6 Å². The molecule has 0 fully saturated rings. The highest BCUT2D eigenvalue weighted by atomic mass is 19.4. The van der Waals surface area contributed by atoms with E-state index >= 15 is 0 Å². The zero-order valence-corrected chi connectivity index (χ0v) is 29.6. The number of benzene rings is 3. The highest BCUT2D eigenvalue weighted by Gasteiger charge is 2.41. The molecule has 4 rings (SSSR count). The number of anilines is 1. The molecule has 52 heavy (non-hydrogen) atoms. The van der Waals surface area contributed by atoms with E-state index in [2.05, 4.69) is 16.0 Å². The molecule has 3 aromatic carbocycles. The third-order valence-corrected chi connectivity index (χ3v) is 8.16. The van der Waals surface area contributed by atoms with Gasteiger partial charge in [-0.3, -0.25) is 14.4 Å². The predicted octanol–water partition coefficient (Wildman–Crippen LogP) is 5.13. The molecule has 0 saturated carbocycles. The van der Waals surface area contributed by atoms with E-state index in [1.165, 1.54) is 12.1 Å². The number of rotatable bonds is 13. The second-order valence-corrected chi connectivity index (χ2v) is 14.0. The normalized spacial score (nSPS) is 14.8. The Hall–Kier alpha value is -4.89. The van der Waals surface area contributed by atoms with Crippen LogP contribution in [0.5, 0.6) is 0 Å². The van der Waals surface area contributed by atoms with Crippen LogP contribution in [0.3, 0.4) is 0 Å². The average molecular weight is 726 g/mol. The van der Waals surface area contributed by atoms with Crippen LogP contribution in [0.25, 0.3) is 0 Å². The second kappa shape index (κ2) is 16.6. The Balaban J connectivity index is 1.52. The average Bonchev–Trinajstić information content (AvgIpc) is 3.29. The van der Waals surface area contributed by atoms with E-state index < -0.39 is 66.0 Å². The van der Waals surface area contributed by atoms with Crippen LogP contribution >= 0.6 is 0 Å². The molecule has 3 aromatic rings. The Morgan fingerprint density at radius 3 is 2.15 bits per heavy atom. The standard InChI is InChI=1S/C37H43BF3N3O8/c1-35(2,3)51-34(48)44-30(19-20-31(45)50-22-24-9-7-6-8-10-24)33(47)43-29(18-13-23-11-14-25(15-12-23)37(39,40)41)32(46)42-26-16-17-27-28(21-26)38(49)52-36(27,4)5/h6-12,14-17,21,29-30,49H,13,18-20,22H2,1-5H3,(H,42,46)(H,43,47)(H,44,48)/t29-,30+/m1/s1. The van der Waals surface area contributed by atoms with E-state index in [9.17, 15) is 37.4 Å². The largest absolute Gasteiger partial charge is 0.492 e. The van der Waals surface area contributed by atoms with Crippen LogP contribution in [-0.2, 0) is 53.3 Å². The van der Waals surface area contributed by atoms with Crippen LogP contribution in [0.1, 0.15) is 76.1 Å². The maximum Gasteiger partial charge on any atom is 0.492 e. The van der Waals surface area contributed by atoms with Gasteiger partial charge in [-0.05, 0) is 100 Å². The maximum absolute atomic E-state index is 13.7. The zero-order chi connectivity index (χ0) is 38.3. The summed E-state index contributed by atoms with van der Waals surface area (Å²) in [7, 11) is -1.23. The highest BCUT2D eigenvalue weighted by molar-refractivity contribution is 6.62. The molecule has 0 bridgehead atoms. The SMILES string of the molecule is CC(C)(C)OC(=O)N[C@@H](CCC(=O)OCc1ccccc1)C(=O)N[C@H](CCc1ccc(C(F)(F)F)cc1)C(=O)Nc1ccc2c(c1)B(O)OC2(C)C. The molecule has 4 N–H and O–H groups in total. The second-order valence-electron chi connectivity index (χ2n) is 14.0. The van der Waals surface area contributed by atoms with Crippen LogP contribution in [0.4, 0.5) is 23.7 Å². The van der Waals surface area contributed by atoms with E-state index in [0.717, 1.165) is 23.3 Å². The smallest absolute Gasteiger partial charge is 0.461 e. The van der Waals surface area contributed by atoms with Gasteiger partial charge in [-0.1, -0.05) is 48.5 Å². The number of hydrogen-bond acceptors (Lipinski definition) is 8. The quantitative estimate of drug-likeness (QED) is 0.140. The number of esters is 1. The molecule has 0 saturated heterocycles. The first-order chi connectivity index (χ1) is 24.3. The summed E-state index contributed by atoms with van der Waals surface area (Å²) in [4.78, 5) is 52.8. The summed E-state index contributed by atoms with van der Waals surface area (Å²) in [5, 5.41) is 18.3. The fraction of sp³-hybridized carbons (Fsp3) is 0.405. The minimum atomic E-state index is -4.53. The first-order valence-corrected chi connectivity index (χ1v) is 16.8. The number of carbonyl (C=O) groups excluding carboxylic acids is 4. The monoisotopic (exact) mass is 725 g/mol. The molecule has 0 radical (unpaired) electrons. The van der Waals surface area contributed by atoms with Gasteiger partial charge in [0.25, 0.3) is 0 Å². The Morgan fingerprint density at radius 1 is 0.865 bits per heavy atom. The molecular formula is C37H43BF3N3O8. The van der Waals surface area contributed by atoms with E-state index in [4.69, 9.17) is 14.1 Å². The van der Waals surface area contributed by atoms with Crippen molar-refractivity contribution >= 4 is 42.1 Å². The number of alkyl carbamates (subject to hydrolysis) is 1. The Labute approximate surface area is 300 Å². The minimum Gasteiger partial charge on any atom is -0.461 e. The number of ether oxygens (including phenoxy) is 2. The lowest BCUT2D eigenvalue weighted by atomic mass is 9.78. The summed E-state index contributed by atoms with van der Waals surface area (Å²) < 4.78 is 55.7. The van der Waals surface area contributed by atoms with Crippen molar-refractivity contribution in [3.8, 4) is 0 Å². The van der Waals surface area contributed by atoms with Gasteiger partial charge in [0.15, 0.2) is 0 Å². The molecular weight excluding hydrogens is 682 g/mol. The fourth-order valence-corrected chi connectivity index (χ4v) is 5.53.